The van der Waals surface area contributed by atoms with Gasteiger partial charge in [-0.3, -0.25) is 5.10 Å². The molecule has 2 aromatic heterocycles. The Morgan fingerprint density at radius 3 is 2.71 bits per heavy atom. The molecule has 0 radical (unpaired) electrons. The number of anilines is 1. The number of nitrogens with zero attached hydrogens (tertiary/aromatic N) is 2. The van der Waals surface area contributed by atoms with Crippen molar-refractivity contribution in [2.75, 3.05) is 31.2 Å². The van der Waals surface area contributed by atoms with Crippen LogP contribution >= 0.6 is 15.9 Å². The molecule has 1 aliphatic rings. The van der Waals surface area contributed by atoms with E-state index in [9.17, 15) is 0 Å². The number of rotatable bonds is 5. The number of aromatic amines is 2. The molecule has 1 saturated heterocycles. The minimum atomic E-state index is 0.787. The number of benzene rings is 2. The molecule has 5 rings (SSSR count). The second kappa shape index (κ2) is 8.96. The van der Waals surface area contributed by atoms with Crippen molar-refractivity contribution in [2.24, 2.45) is 0 Å². The first-order chi connectivity index (χ1) is 15.2. The summed E-state index contributed by atoms with van der Waals surface area (Å²) in [7, 11) is 0. The Kier molecular flexibility index (Phi) is 5.74. The lowest BCUT2D eigenvalue weighted by Gasteiger charge is -2.29. The van der Waals surface area contributed by atoms with Crippen molar-refractivity contribution in [3.8, 4) is 0 Å². The summed E-state index contributed by atoms with van der Waals surface area (Å²) in [6.45, 7) is 3.44. The summed E-state index contributed by atoms with van der Waals surface area (Å²) in [6, 6.07) is 17.0. The normalized spacial score (nSPS) is 14.9. The minimum absolute atomic E-state index is 0.787. The fourth-order valence-corrected chi connectivity index (χ4v) is 4.22. The largest absolute Gasteiger partial charge is 0.378 e. The zero-order chi connectivity index (χ0) is 21.0. The lowest BCUT2D eigenvalue weighted by atomic mass is 10.1. The van der Waals surface area contributed by atoms with Gasteiger partial charge in [0.1, 0.15) is 0 Å². The van der Waals surface area contributed by atoms with E-state index < -0.39 is 0 Å². The molecular formula is C25H23BrN4O. The molecule has 5 nitrogen and oxygen atoms in total. The van der Waals surface area contributed by atoms with E-state index in [2.05, 4.69) is 90.6 Å². The van der Waals surface area contributed by atoms with Gasteiger partial charge in [0.25, 0.3) is 0 Å². The standard InChI is InChI=1S/C25H23BrN4O/c26-24-17-23(30-11-13-31-14-12-30)8-5-19(24)4-7-22-16-21(28-29-22)6-2-18-1-3-20-9-10-27-25(20)15-18/h1-10,15-17,27H,11-14H2,(H,28,29). The van der Waals surface area contributed by atoms with E-state index in [1.54, 1.807) is 0 Å². The highest BCUT2D eigenvalue weighted by Gasteiger charge is 2.12. The van der Waals surface area contributed by atoms with Gasteiger partial charge in [-0.2, -0.15) is 5.10 Å². The van der Waals surface area contributed by atoms with Gasteiger partial charge in [-0.25, -0.2) is 0 Å². The highest BCUT2D eigenvalue weighted by molar-refractivity contribution is 9.10. The molecule has 1 aliphatic heterocycles. The summed E-state index contributed by atoms with van der Waals surface area (Å²) >= 11 is 3.71. The lowest BCUT2D eigenvalue weighted by molar-refractivity contribution is 0.122. The molecule has 0 bridgehead atoms. The summed E-state index contributed by atoms with van der Waals surface area (Å²) < 4.78 is 6.51. The maximum Gasteiger partial charge on any atom is 0.0854 e. The lowest BCUT2D eigenvalue weighted by Crippen LogP contribution is -2.36. The molecule has 0 amide bonds. The maximum atomic E-state index is 5.44. The van der Waals surface area contributed by atoms with Gasteiger partial charge in [0.15, 0.2) is 0 Å². The van der Waals surface area contributed by atoms with Crippen LogP contribution in [0.5, 0.6) is 0 Å². The molecule has 4 aromatic rings. The molecule has 1 fully saturated rings. The molecular weight excluding hydrogens is 452 g/mol. The third-order valence-corrected chi connectivity index (χ3v) is 6.13. The highest BCUT2D eigenvalue weighted by Crippen LogP contribution is 2.26. The topological polar surface area (TPSA) is 56.9 Å². The number of ether oxygens (including phenoxy) is 1. The van der Waals surface area contributed by atoms with Crippen molar-refractivity contribution in [1.82, 2.24) is 15.2 Å². The molecule has 31 heavy (non-hydrogen) atoms. The Morgan fingerprint density at radius 1 is 0.935 bits per heavy atom. The first-order valence-corrected chi connectivity index (χ1v) is 11.1. The van der Waals surface area contributed by atoms with E-state index in [1.807, 2.05) is 24.4 Å². The van der Waals surface area contributed by atoms with E-state index in [-0.39, 0.29) is 0 Å². The Labute approximate surface area is 189 Å². The van der Waals surface area contributed by atoms with Crippen molar-refractivity contribution in [2.45, 2.75) is 0 Å². The number of hydrogen-bond donors (Lipinski definition) is 2. The van der Waals surface area contributed by atoms with E-state index in [4.69, 9.17) is 4.74 Å². The van der Waals surface area contributed by atoms with Crippen LogP contribution in [0.2, 0.25) is 0 Å². The van der Waals surface area contributed by atoms with Crippen LogP contribution < -0.4 is 4.90 Å². The number of nitrogens with one attached hydrogen (secondary N) is 2. The molecule has 6 heteroatoms. The zero-order valence-corrected chi connectivity index (χ0v) is 18.6. The zero-order valence-electron chi connectivity index (χ0n) is 17.0. The van der Waals surface area contributed by atoms with Crippen LogP contribution in [0.25, 0.3) is 35.2 Å². The molecule has 0 spiro atoms. The number of aromatic nitrogens is 3. The van der Waals surface area contributed by atoms with Crippen LogP contribution in [0.15, 0.2) is 59.2 Å². The number of H-pyrrole nitrogens is 2. The van der Waals surface area contributed by atoms with Crippen molar-refractivity contribution in [1.29, 1.82) is 0 Å². The van der Waals surface area contributed by atoms with Crippen LogP contribution in [-0.2, 0) is 4.74 Å². The molecule has 156 valence electrons. The second-order valence-electron chi connectivity index (χ2n) is 7.54. The third-order valence-electron chi connectivity index (χ3n) is 5.45. The van der Waals surface area contributed by atoms with Crippen LogP contribution in [-0.4, -0.2) is 41.5 Å². The van der Waals surface area contributed by atoms with Gasteiger partial charge < -0.3 is 14.6 Å². The van der Waals surface area contributed by atoms with Crippen LogP contribution in [0, 0.1) is 0 Å². The Balaban J connectivity index is 1.26. The van der Waals surface area contributed by atoms with E-state index in [0.29, 0.717) is 0 Å². The average molecular weight is 475 g/mol. The monoisotopic (exact) mass is 474 g/mol. The third kappa shape index (κ3) is 4.65. The first-order valence-electron chi connectivity index (χ1n) is 10.4. The summed E-state index contributed by atoms with van der Waals surface area (Å²) in [5.74, 6) is 0. The average Bonchev–Trinajstić information content (AvgIpc) is 3.46. The smallest absolute Gasteiger partial charge is 0.0854 e. The van der Waals surface area contributed by atoms with Crippen molar-refractivity contribution in [3.05, 3.63) is 81.7 Å². The van der Waals surface area contributed by atoms with Crippen LogP contribution in [0.4, 0.5) is 5.69 Å². The van der Waals surface area contributed by atoms with Crippen molar-refractivity contribution >= 4 is 56.8 Å². The van der Waals surface area contributed by atoms with Gasteiger partial charge >= 0.3 is 0 Å². The number of hydrogen-bond acceptors (Lipinski definition) is 3. The number of halogens is 1. The molecule has 0 saturated carbocycles. The van der Waals surface area contributed by atoms with Gasteiger partial charge in [-0.05, 0) is 59.0 Å². The quantitative estimate of drug-likeness (QED) is 0.382. The van der Waals surface area contributed by atoms with Gasteiger partial charge in [-0.15, -0.1) is 0 Å². The molecule has 0 unspecified atom stereocenters. The van der Waals surface area contributed by atoms with E-state index >= 15 is 0 Å². The number of morpholine rings is 1. The van der Waals surface area contributed by atoms with E-state index in [1.165, 1.54) is 11.1 Å². The summed E-state index contributed by atoms with van der Waals surface area (Å²) in [6.07, 6.45) is 10.2. The van der Waals surface area contributed by atoms with Crippen LogP contribution in [0.1, 0.15) is 22.5 Å². The summed E-state index contributed by atoms with van der Waals surface area (Å²) in [4.78, 5) is 5.59. The molecule has 0 aliphatic carbocycles. The maximum absolute atomic E-state index is 5.44. The predicted molar refractivity (Wildman–Crippen MR) is 132 cm³/mol. The predicted octanol–water partition coefficient (Wildman–Crippen LogP) is 5.83. The Hall–Kier alpha value is -3.09. The van der Waals surface area contributed by atoms with E-state index in [0.717, 1.165) is 58.8 Å². The fourth-order valence-electron chi connectivity index (χ4n) is 3.72. The fraction of sp³-hybridized carbons (Fsp3) is 0.160. The molecule has 2 aromatic carbocycles. The van der Waals surface area contributed by atoms with Gasteiger partial charge in [-0.1, -0.05) is 46.3 Å². The van der Waals surface area contributed by atoms with Crippen molar-refractivity contribution < 1.29 is 4.74 Å². The van der Waals surface area contributed by atoms with Gasteiger partial charge in [0, 0.05) is 35.0 Å². The molecule has 3 heterocycles. The van der Waals surface area contributed by atoms with Crippen LogP contribution in [0.3, 0.4) is 0 Å². The van der Waals surface area contributed by atoms with Gasteiger partial charge in [0.05, 0.1) is 24.6 Å². The van der Waals surface area contributed by atoms with Crippen molar-refractivity contribution in [3.63, 3.8) is 0 Å². The second-order valence-corrected chi connectivity index (χ2v) is 8.40. The minimum Gasteiger partial charge on any atom is -0.378 e. The Bertz CT molecular complexity index is 1250. The SMILES string of the molecule is Brc1cc(N2CCOCC2)ccc1C=Cc1cc(C=Cc2ccc3cc[nH]c3c2)[nH]n1. The molecule has 0 atom stereocenters. The summed E-state index contributed by atoms with van der Waals surface area (Å²) in [5, 5.41) is 8.70. The summed E-state index contributed by atoms with van der Waals surface area (Å²) in [5.41, 5.74) is 6.48. The first kappa shape index (κ1) is 19.8. The Morgan fingerprint density at radius 2 is 1.84 bits per heavy atom. The highest BCUT2D eigenvalue weighted by atomic mass is 79.9. The van der Waals surface area contributed by atoms with Gasteiger partial charge in [0.2, 0.25) is 0 Å². The molecule has 2 N–H and O–H groups in total. The number of fused-ring (bicyclic) bond motifs is 1.